The van der Waals surface area contributed by atoms with Crippen LogP contribution < -0.4 is 5.73 Å². The minimum atomic E-state index is -0.657. The van der Waals surface area contributed by atoms with E-state index in [0.29, 0.717) is 5.82 Å². The molecule has 0 saturated carbocycles. The zero-order chi connectivity index (χ0) is 13.4. The van der Waals surface area contributed by atoms with Gasteiger partial charge in [-0.15, -0.1) is 0 Å². The van der Waals surface area contributed by atoms with Crippen molar-refractivity contribution in [2.75, 3.05) is 5.73 Å². The molecule has 96 valence electrons. The Bertz CT molecular complexity index is 568. The second-order valence-corrected chi connectivity index (χ2v) is 4.51. The van der Waals surface area contributed by atoms with Crippen LogP contribution >= 0.6 is 0 Å². The van der Waals surface area contributed by atoms with Gasteiger partial charge in [-0.2, -0.15) is 0 Å². The first-order chi connectivity index (χ1) is 8.43. The Morgan fingerprint density at radius 2 is 1.78 bits per heavy atom. The van der Waals surface area contributed by atoms with Crippen LogP contribution in [0.1, 0.15) is 25.6 Å². The Morgan fingerprint density at radius 3 is 2.22 bits per heavy atom. The molecule has 0 aliphatic rings. The molecule has 0 aliphatic heterocycles. The fourth-order valence-electron chi connectivity index (χ4n) is 1.95. The normalized spacial score (nSPS) is 11.2. The van der Waals surface area contributed by atoms with Gasteiger partial charge in [-0.25, -0.2) is 13.8 Å². The molecule has 0 bridgehead atoms. The highest BCUT2D eigenvalue weighted by Crippen LogP contribution is 2.31. The summed E-state index contributed by atoms with van der Waals surface area (Å²) in [5.74, 6) is -0.223. The maximum absolute atomic E-state index is 13.7. The van der Waals surface area contributed by atoms with Crippen molar-refractivity contribution in [2.24, 2.45) is 7.05 Å². The van der Waals surface area contributed by atoms with Gasteiger partial charge in [0.25, 0.3) is 0 Å². The molecule has 1 heterocycles. The van der Waals surface area contributed by atoms with E-state index in [2.05, 4.69) is 4.98 Å². The van der Waals surface area contributed by atoms with Gasteiger partial charge in [0.15, 0.2) is 0 Å². The third kappa shape index (κ3) is 1.85. The van der Waals surface area contributed by atoms with Gasteiger partial charge >= 0.3 is 0 Å². The minimum Gasteiger partial charge on any atom is -0.383 e. The molecular formula is C13H15F2N3. The topological polar surface area (TPSA) is 43.8 Å². The molecule has 2 aromatic rings. The molecule has 2 rings (SSSR count). The Hall–Kier alpha value is -1.91. The van der Waals surface area contributed by atoms with Crippen LogP contribution in [0.3, 0.4) is 0 Å². The second kappa shape index (κ2) is 4.40. The van der Waals surface area contributed by atoms with Crippen LogP contribution in [0.25, 0.3) is 11.3 Å². The summed E-state index contributed by atoms with van der Waals surface area (Å²) in [5, 5.41) is 0. The lowest BCUT2D eigenvalue weighted by molar-refractivity contribution is 0.589. The van der Waals surface area contributed by atoms with Crippen LogP contribution in [0, 0.1) is 11.6 Å². The molecule has 0 fully saturated rings. The number of aromatic nitrogens is 2. The number of hydrogen-bond donors (Lipinski definition) is 1. The first kappa shape index (κ1) is 12.5. The fourth-order valence-corrected chi connectivity index (χ4v) is 1.95. The van der Waals surface area contributed by atoms with Gasteiger partial charge in [0.05, 0.1) is 5.56 Å². The zero-order valence-electron chi connectivity index (χ0n) is 10.5. The lowest BCUT2D eigenvalue weighted by Gasteiger charge is -2.04. The summed E-state index contributed by atoms with van der Waals surface area (Å²) in [6.07, 6.45) is 0. The molecule has 5 heteroatoms. The van der Waals surface area contributed by atoms with Crippen molar-refractivity contribution in [3.8, 4) is 11.3 Å². The molecule has 2 N–H and O–H groups in total. The molecule has 0 spiro atoms. The number of anilines is 1. The fraction of sp³-hybridized carbons (Fsp3) is 0.308. The summed E-state index contributed by atoms with van der Waals surface area (Å²) in [7, 11) is 1.74. The highest BCUT2D eigenvalue weighted by Gasteiger charge is 2.21. The van der Waals surface area contributed by atoms with E-state index < -0.39 is 11.6 Å². The summed E-state index contributed by atoms with van der Waals surface area (Å²) in [4.78, 5) is 4.26. The molecule has 0 unspecified atom stereocenters. The van der Waals surface area contributed by atoms with Crippen molar-refractivity contribution in [1.29, 1.82) is 0 Å². The lowest BCUT2D eigenvalue weighted by atomic mass is 10.1. The van der Waals surface area contributed by atoms with E-state index in [4.69, 9.17) is 5.73 Å². The van der Waals surface area contributed by atoms with Crippen LogP contribution in [-0.2, 0) is 7.05 Å². The van der Waals surface area contributed by atoms with E-state index in [1.54, 1.807) is 11.6 Å². The summed E-state index contributed by atoms with van der Waals surface area (Å²) >= 11 is 0. The number of rotatable bonds is 2. The average Bonchev–Trinajstić information content (AvgIpc) is 2.57. The first-order valence-electron chi connectivity index (χ1n) is 5.70. The van der Waals surface area contributed by atoms with Crippen molar-refractivity contribution in [2.45, 2.75) is 19.8 Å². The molecule has 1 aromatic heterocycles. The van der Waals surface area contributed by atoms with E-state index in [1.165, 1.54) is 18.2 Å². The Balaban J connectivity index is 2.69. The van der Waals surface area contributed by atoms with E-state index in [-0.39, 0.29) is 23.0 Å². The van der Waals surface area contributed by atoms with Crippen LogP contribution in [0.2, 0.25) is 0 Å². The van der Waals surface area contributed by atoms with Crippen LogP contribution in [0.15, 0.2) is 18.2 Å². The number of halogens is 2. The van der Waals surface area contributed by atoms with E-state index in [9.17, 15) is 8.78 Å². The van der Waals surface area contributed by atoms with Crippen molar-refractivity contribution in [3.63, 3.8) is 0 Å². The molecule has 1 aromatic carbocycles. The summed E-state index contributed by atoms with van der Waals surface area (Å²) in [6, 6.07) is 3.71. The number of nitrogens with two attached hydrogens (primary N) is 1. The van der Waals surface area contributed by atoms with Gasteiger partial charge in [-0.1, -0.05) is 19.9 Å². The third-order valence-corrected chi connectivity index (χ3v) is 2.89. The van der Waals surface area contributed by atoms with Gasteiger partial charge < -0.3 is 10.3 Å². The highest BCUT2D eigenvalue weighted by atomic mass is 19.1. The molecule has 0 amide bonds. The SMILES string of the molecule is CC(C)c1nc(-c2c(F)cccc2F)c(N)n1C. The maximum atomic E-state index is 13.7. The number of benzene rings is 1. The number of imidazole rings is 1. The number of nitrogens with zero attached hydrogens (tertiary/aromatic N) is 2. The van der Waals surface area contributed by atoms with E-state index in [0.717, 1.165) is 0 Å². The second-order valence-electron chi connectivity index (χ2n) is 4.51. The quantitative estimate of drug-likeness (QED) is 0.891. The van der Waals surface area contributed by atoms with Gasteiger partial charge in [0, 0.05) is 13.0 Å². The smallest absolute Gasteiger partial charge is 0.135 e. The molecular weight excluding hydrogens is 236 g/mol. The molecule has 0 atom stereocenters. The molecule has 18 heavy (non-hydrogen) atoms. The van der Waals surface area contributed by atoms with Crippen molar-refractivity contribution in [1.82, 2.24) is 9.55 Å². The van der Waals surface area contributed by atoms with E-state index in [1.807, 2.05) is 13.8 Å². The highest BCUT2D eigenvalue weighted by molar-refractivity contribution is 5.72. The van der Waals surface area contributed by atoms with Crippen molar-refractivity contribution >= 4 is 5.82 Å². The minimum absolute atomic E-state index is 0.126. The maximum Gasteiger partial charge on any atom is 0.135 e. The summed E-state index contributed by atoms with van der Waals surface area (Å²) in [6.45, 7) is 3.90. The van der Waals surface area contributed by atoms with Gasteiger partial charge in [0.2, 0.25) is 0 Å². The molecule has 0 saturated heterocycles. The lowest BCUT2D eigenvalue weighted by Crippen LogP contribution is -2.03. The van der Waals surface area contributed by atoms with Crippen LogP contribution in [0.4, 0.5) is 14.6 Å². The third-order valence-electron chi connectivity index (χ3n) is 2.89. The standard InChI is InChI=1S/C13H15F2N3/c1-7(2)13-17-11(12(16)18(13)3)10-8(14)5-4-6-9(10)15/h4-7H,16H2,1-3H3. The van der Waals surface area contributed by atoms with Gasteiger partial charge in [0.1, 0.15) is 29.0 Å². The van der Waals surface area contributed by atoms with Gasteiger partial charge in [-0.05, 0) is 12.1 Å². The van der Waals surface area contributed by atoms with E-state index >= 15 is 0 Å². The Kier molecular flexibility index (Phi) is 3.07. The first-order valence-corrected chi connectivity index (χ1v) is 5.70. The number of hydrogen-bond acceptors (Lipinski definition) is 2. The predicted octanol–water partition coefficient (Wildman–Crippen LogP) is 3.07. The Morgan fingerprint density at radius 1 is 1.22 bits per heavy atom. The average molecular weight is 251 g/mol. The summed E-state index contributed by atoms with van der Waals surface area (Å²) in [5.41, 5.74) is 5.87. The van der Waals surface area contributed by atoms with Gasteiger partial charge in [-0.3, -0.25) is 0 Å². The molecule has 0 radical (unpaired) electrons. The predicted molar refractivity (Wildman–Crippen MR) is 67.1 cm³/mol. The Labute approximate surface area is 104 Å². The molecule has 3 nitrogen and oxygen atoms in total. The monoisotopic (exact) mass is 251 g/mol. The summed E-state index contributed by atoms with van der Waals surface area (Å²) < 4.78 is 29.1. The van der Waals surface area contributed by atoms with Crippen LogP contribution in [0.5, 0.6) is 0 Å². The zero-order valence-corrected chi connectivity index (χ0v) is 10.5. The van der Waals surface area contributed by atoms with Crippen molar-refractivity contribution in [3.05, 3.63) is 35.7 Å². The van der Waals surface area contributed by atoms with Crippen molar-refractivity contribution < 1.29 is 8.78 Å². The largest absolute Gasteiger partial charge is 0.383 e. The van der Waals surface area contributed by atoms with Crippen LogP contribution in [-0.4, -0.2) is 9.55 Å². The molecule has 0 aliphatic carbocycles. The number of nitrogen functional groups attached to an aromatic ring is 1.